The van der Waals surface area contributed by atoms with E-state index in [4.69, 9.17) is 21.4 Å². The van der Waals surface area contributed by atoms with Crippen LogP contribution in [0.5, 0.6) is 11.5 Å². The lowest BCUT2D eigenvalue weighted by Gasteiger charge is -2.18. The molecule has 0 saturated carbocycles. The maximum absolute atomic E-state index is 14.5. The van der Waals surface area contributed by atoms with Gasteiger partial charge in [-0.05, 0) is 37.1 Å². The topological polar surface area (TPSA) is 98.0 Å². The second-order valence-corrected chi connectivity index (χ2v) is 7.55. The SMILES string of the molecule is CC(C)Oc1cc2c(cc1Cc1cccc(Cl)c1F)c(=O)c(OC(=O)O)cn2CCO. The van der Waals surface area contributed by atoms with Crippen molar-refractivity contribution in [3.8, 4) is 11.5 Å². The molecule has 3 rings (SSSR count). The molecular weight excluding hydrogens is 429 g/mol. The van der Waals surface area contributed by atoms with Crippen LogP contribution >= 0.6 is 11.6 Å². The van der Waals surface area contributed by atoms with Crippen LogP contribution in [0.1, 0.15) is 25.0 Å². The third-order valence-corrected chi connectivity index (χ3v) is 4.83. The van der Waals surface area contributed by atoms with Crippen LogP contribution in [-0.2, 0) is 13.0 Å². The second kappa shape index (κ2) is 9.36. The van der Waals surface area contributed by atoms with Gasteiger partial charge in [-0.15, -0.1) is 0 Å². The Morgan fingerprint density at radius 2 is 1.97 bits per heavy atom. The summed E-state index contributed by atoms with van der Waals surface area (Å²) in [4.78, 5) is 23.9. The number of rotatable bonds is 7. The molecule has 0 radical (unpaired) electrons. The quantitative estimate of drug-likeness (QED) is 0.524. The molecule has 2 N–H and O–H groups in total. The minimum Gasteiger partial charge on any atom is -0.491 e. The highest BCUT2D eigenvalue weighted by molar-refractivity contribution is 6.30. The zero-order valence-electron chi connectivity index (χ0n) is 16.9. The standard InChI is InChI=1S/C22H21ClFNO6/c1-12(2)30-18-10-17-15(9-14(18)8-13-4-3-5-16(23)20(13)24)21(27)19(31-22(28)29)11-25(17)6-7-26/h3-5,9-12,26H,6-8H2,1-2H3,(H,28,29). The van der Waals surface area contributed by atoms with Crippen molar-refractivity contribution >= 4 is 28.7 Å². The highest BCUT2D eigenvalue weighted by atomic mass is 35.5. The molecule has 0 amide bonds. The van der Waals surface area contributed by atoms with Crippen molar-refractivity contribution < 1.29 is 28.9 Å². The number of halogens is 2. The summed E-state index contributed by atoms with van der Waals surface area (Å²) in [7, 11) is 0. The normalized spacial score (nSPS) is 11.2. The average Bonchev–Trinajstić information content (AvgIpc) is 2.69. The van der Waals surface area contributed by atoms with Gasteiger partial charge in [-0.2, -0.15) is 0 Å². The van der Waals surface area contributed by atoms with Crippen molar-refractivity contribution in [1.29, 1.82) is 0 Å². The minimum atomic E-state index is -1.63. The van der Waals surface area contributed by atoms with Gasteiger partial charge in [-0.3, -0.25) is 4.79 Å². The summed E-state index contributed by atoms with van der Waals surface area (Å²) in [6.45, 7) is 3.51. The van der Waals surface area contributed by atoms with Crippen LogP contribution < -0.4 is 14.9 Å². The van der Waals surface area contributed by atoms with E-state index in [0.717, 1.165) is 0 Å². The van der Waals surface area contributed by atoms with Gasteiger partial charge < -0.3 is 24.3 Å². The van der Waals surface area contributed by atoms with Crippen molar-refractivity contribution in [2.75, 3.05) is 6.61 Å². The molecule has 0 aliphatic heterocycles. The first kappa shape index (κ1) is 22.6. The molecule has 0 bridgehead atoms. The van der Waals surface area contributed by atoms with Crippen LogP contribution in [0.3, 0.4) is 0 Å². The van der Waals surface area contributed by atoms with Gasteiger partial charge >= 0.3 is 6.16 Å². The van der Waals surface area contributed by atoms with Gasteiger partial charge in [0.25, 0.3) is 0 Å². The fourth-order valence-electron chi connectivity index (χ4n) is 3.29. The molecular formula is C22H21ClFNO6. The smallest absolute Gasteiger partial charge is 0.491 e. The van der Waals surface area contributed by atoms with Crippen molar-refractivity contribution in [3.05, 3.63) is 68.7 Å². The molecule has 164 valence electrons. The molecule has 1 heterocycles. The van der Waals surface area contributed by atoms with Crippen molar-refractivity contribution in [1.82, 2.24) is 4.57 Å². The lowest BCUT2D eigenvalue weighted by atomic mass is 10.0. The van der Waals surface area contributed by atoms with Crippen LogP contribution in [-0.4, -0.2) is 33.6 Å². The van der Waals surface area contributed by atoms with Crippen molar-refractivity contribution in [3.63, 3.8) is 0 Å². The number of aliphatic hydroxyl groups excluding tert-OH is 1. The van der Waals surface area contributed by atoms with E-state index in [-0.39, 0.29) is 36.1 Å². The molecule has 0 unspecified atom stereocenters. The van der Waals surface area contributed by atoms with Crippen LogP contribution in [0.2, 0.25) is 5.02 Å². The number of hydrogen-bond acceptors (Lipinski definition) is 5. The molecule has 0 aliphatic rings. The Hall–Kier alpha value is -3.10. The second-order valence-electron chi connectivity index (χ2n) is 7.14. The first-order valence-corrected chi connectivity index (χ1v) is 9.90. The molecule has 31 heavy (non-hydrogen) atoms. The van der Waals surface area contributed by atoms with E-state index in [1.54, 1.807) is 18.2 Å². The Balaban J connectivity index is 2.26. The molecule has 0 fully saturated rings. The fourth-order valence-corrected chi connectivity index (χ4v) is 3.48. The Labute approximate surface area is 182 Å². The molecule has 7 nitrogen and oxygen atoms in total. The average molecular weight is 450 g/mol. The van der Waals surface area contributed by atoms with E-state index in [1.165, 1.54) is 22.9 Å². The molecule has 0 spiro atoms. The summed E-state index contributed by atoms with van der Waals surface area (Å²) < 4.78 is 26.5. The van der Waals surface area contributed by atoms with Gasteiger partial charge in [-0.25, -0.2) is 9.18 Å². The lowest BCUT2D eigenvalue weighted by molar-refractivity contribution is 0.143. The van der Waals surface area contributed by atoms with E-state index in [0.29, 0.717) is 22.4 Å². The monoisotopic (exact) mass is 449 g/mol. The number of benzene rings is 2. The summed E-state index contributed by atoms with van der Waals surface area (Å²) in [6, 6.07) is 7.79. The molecule has 1 aromatic heterocycles. The fraction of sp³-hybridized carbons (Fsp3) is 0.273. The third-order valence-electron chi connectivity index (χ3n) is 4.54. The zero-order chi connectivity index (χ0) is 22.7. The first-order chi connectivity index (χ1) is 14.7. The number of nitrogens with zero attached hydrogens (tertiary/aromatic N) is 1. The van der Waals surface area contributed by atoms with Crippen molar-refractivity contribution in [2.45, 2.75) is 32.9 Å². The Morgan fingerprint density at radius 1 is 1.23 bits per heavy atom. The van der Waals surface area contributed by atoms with E-state index in [2.05, 4.69) is 4.74 Å². The molecule has 0 atom stereocenters. The van der Waals surface area contributed by atoms with Gasteiger partial charge in [0, 0.05) is 19.0 Å². The maximum atomic E-state index is 14.5. The molecule has 9 heteroatoms. The molecule has 0 aliphatic carbocycles. The summed E-state index contributed by atoms with van der Waals surface area (Å²) in [5.74, 6) is -0.536. The van der Waals surface area contributed by atoms with Gasteiger partial charge in [0.05, 0.1) is 34.8 Å². The maximum Gasteiger partial charge on any atom is 0.511 e. The molecule has 3 aromatic rings. The van der Waals surface area contributed by atoms with Gasteiger partial charge in [0.1, 0.15) is 11.6 Å². The van der Waals surface area contributed by atoms with E-state index >= 15 is 0 Å². The van der Waals surface area contributed by atoms with Crippen LogP contribution in [0, 0.1) is 5.82 Å². The summed E-state index contributed by atoms with van der Waals surface area (Å²) >= 11 is 5.89. The number of pyridine rings is 1. The summed E-state index contributed by atoms with van der Waals surface area (Å²) in [6.07, 6.45) is -0.515. The van der Waals surface area contributed by atoms with E-state index in [9.17, 15) is 19.1 Å². The third kappa shape index (κ3) is 4.98. The molecule has 0 saturated heterocycles. The number of aromatic nitrogens is 1. The number of aliphatic hydroxyl groups is 1. The van der Waals surface area contributed by atoms with Gasteiger partial charge in [-0.1, -0.05) is 23.7 Å². The number of carboxylic acid groups (broad SMARTS) is 1. The highest BCUT2D eigenvalue weighted by Crippen LogP contribution is 2.30. The van der Waals surface area contributed by atoms with Gasteiger partial charge in [0.2, 0.25) is 5.43 Å². The molecule has 2 aromatic carbocycles. The number of fused-ring (bicyclic) bond motifs is 1. The highest BCUT2D eigenvalue weighted by Gasteiger charge is 2.18. The number of hydrogen-bond donors (Lipinski definition) is 2. The zero-order valence-corrected chi connectivity index (χ0v) is 17.6. The van der Waals surface area contributed by atoms with E-state index < -0.39 is 23.2 Å². The Kier molecular flexibility index (Phi) is 6.82. The predicted molar refractivity (Wildman–Crippen MR) is 114 cm³/mol. The number of ether oxygens (including phenoxy) is 2. The van der Waals surface area contributed by atoms with Crippen LogP contribution in [0.25, 0.3) is 10.9 Å². The Bertz CT molecular complexity index is 1190. The van der Waals surface area contributed by atoms with Crippen molar-refractivity contribution in [2.24, 2.45) is 0 Å². The Morgan fingerprint density at radius 3 is 2.61 bits per heavy atom. The summed E-state index contributed by atoms with van der Waals surface area (Å²) in [5, 5.41) is 18.5. The lowest BCUT2D eigenvalue weighted by Crippen LogP contribution is -2.18. The predicted octanol–water partition coefficient (Wildman–Crippen LogP) is 4.22. The first-order valence-electron chi connectivity index (χ1n) is 9.52. The van der Waals surface area contributed by atoms with Gasteiger partial charge in [0.15, 0.2) is 5.75 Å². The minimum absolute atomic E-state index is 0.0212. The largest absolute Gasteiger partial charge is 0.511 e. The number of carbonyl (C=O) groups is 1. The van der Waals surface area contributed by atoms with E-state index in [1.807, 2.05) is 13.8 Å². The van der Waals surface area contributed by atoms with Crippen LogP contribution in [0.15, 0.2) is 41.3 Å². The van der Waals surface area contributed by atoms with Crippen LogP contribution in [0.4, 0.5) is 9.18 Å². The summed E-state index contributed by atoms with van der Waals surface area (Å²) in [5.41, 5.74) is 0.606.